The van der Waals surface area contributed by atoms with Crippen LogP contribution in [0.25, 0.3) is 5.69 Å². The predicted molar refractivity (Wildman–Crippen MR) is 125 cm³/mol. The zero-order valence-corrected chi connectivity index (χ0v) is 19.7. The Labute approximate surface area is 192 Å². The molecule has 8 nitrogen and oxygen atoms in total. The molecule has 1 aliphatic rings. The summed E-state index contributed by atoms with van der Waals surface area (Å²) < 4.78 is 27.7. The minimum atomic E-state index is -3.58. The SMILES string of the molecule is CC(Sc1nc(C2CC2)n(-c2ccccc2)n1)C(=O)Nc1cccc(S(=O)(=O)N(C)C)c1. The maximum atomic E-state index is 12.8. The second-order valence-electron chi connectivity index (χ2n) is 7.84. The summed E-state index contributed by atoms with van der Waals surface area (Å²) in [5.74, 6) is 1.08. The number of amides is 1. The van der Waals surface area contributed by atoms with E-state index in [9.17, 15) is 13.2 Å². The van der Waals surface area contributed by atoms with Gasteiger partial charge in [0.05, 0.1) is 15.8 Å². The first kappa shape index (κ1) is 22.5. The molecule has 1 aromatic heterocycles. The lowest BCUT2D eigenvalue weighted by Crippen LogP contribution is -2.24. The van der Waals surface area contributed by atoms with Gasteiger partial charge in [-0.3, -0.25) is 4.79 Å². The Morgan fingerprint density at radius 2 is 1.88 bits per heavy atom. The first-order chi connectivity index (χ1) is 15.3. The van der Waals surface area contributed by atoms with Gasteiger partial charge in [-0.25, -0.2) is 22.4 Å². The third kappa shape index (κ3) is 4.87. The van der Waals surface area contributed by atoms with Gasteiger partial charge in [0.15, 0.2) is 0 Å². The molecule has 3 aromatic rings. The molecule has 1 atom stereocenters. The largest absolute Gasteiger partial charge is 0.325 e. The third-order valence-corrected chi connectivity index (χ3v) is 7.85. The maximum absolute atomic E-state index is 12.8. The molecule has 0 saturated heterocycles. The quantitative estimate of drug-likeness (QED) is 0.505. The molecule has 0 aliphatic heterocycles. The normalized spacial score (nSPS) is 15.0. The lowest BCUT2D eigenvalue weighted by atomic mass is 10.3. The van der Waals surface area contributed by atoms with Crippen LogP contribution in [0, 0.1) is 0 Å². The van der Waals surface area contributed by atoms with Gasteiger partial charge in [0, 0.05) is 25.7 Å². The van der Waals surface area contributed by atoms with Crippen LogP contribution in [0.15, 0.2) is 64.6 Å². The number of anilines is 1. The van der Waals surface area contributed by atoms with Gasteiger partial charge in [0.25, 0.3) is 0 Å². The number of hydrogen-bond acceptors (Lipinski definition) is 6. The summed E-state index contributed by atoms with van der Waals surface area (Å²) in [6.45, 7) is 1.78. The number of carbonyl (C=O) groups is 1. The lowest BCUT2D eigenvalue weighted by Gasteiger charge is -2.14. The van der Waals surface area contributed by atoms with Crippen LogP contribution in [0.4, 0.5) is 5.69 Å². The molecule has 168 valence electrons. The smallest absolute Gasteiger partial charge is 0.242 e. The van der Waals surface area contributed by atoms with Crippen LogP contribution in [-0.4, -0.2) is 52.7 Å². The summed E-state index contributed by atoms with van der Waals surface area (Å²) in [7, 11) is -0.643. The minimum absolute atomic E-state index is 0.123. The van der Waals surface area contributed by atoms with E-state index in [1.165, 1.54) is 38.0 Å². The molecule has 1 fully saturated rings. The molecular weight excluding hydrogens is 446 g/mol. The second-order valence-corrected chi connectivity index (χ2v) is 11.3. The van der Waals surface area contributed by atoms with Gasteiger partial charge >= 0.3 is 0 Å². The highest BCUT2D eigenvalue weighted by atomic mass is 32.2. The molecule has 1 saturated carbocycles. The molecule has 0 spiro atoms. The first-order valence-electron chi connectivity index (χ1n) is 10.3. The Morgan fingerprint density at radius 1 is 1.16 bits per heavy atom. The van der Waals surface area contributed by atoms with E-state index in [0.717, 1.165) is 28.7 Å². The summed E-state index contributed by atoms with van der Waals surface area (Å²) in [5.41, 5.74) is 1.37. The lowest BCUT2D eigenvalue weighted by molar-refractivity contribution is -0.115. The number of sulfonamides is 1. The fourth-order valence-electron chi connectivity index (χ4n) is 3.12. The Kier molecular flexibility index (Phi) is 6.36. The molecule has 1 unspecified atom stereocenters. The topological polar surface area (TPSA) is 97.2 Å². The number of aromatic nitrogens is 3. The fourth-order valence-corrected chi connectivity index (χ4v) is 4.83. The number of thioether (sulfide) groups is 1. The van der Waals surface area contributed by atoms with Gasteiger partial charge in [-0.1, -0.05) is 36.0 Å². The standard InChI is InChI=1S/C22H25N5O3S2/c1-15(21(28)23-17-8-7-11-19(14-17)32(29,30)26(2)3)31-22-24-20(16-12-13-16)27(25-22)18-9-5-4-6-10-18/h4-11,14-16H,12-13H2,1-3H3,(H,23,28). The van der Waals surface area contributed by atoms with Crippen LogP contribution >= 0.6 is 11.8 Å². The number of para-hydroxylation sites is 1. The Balaban J connectivity index is 1.48. The molecule has 0 radical (unpaired) electrons. The number of nitrogens with zero attached hydrogens (tertiary/aromatic N) is 4. The van der Waals surface area contributed by atoms with Gasteiger partial charge in [-0.2, -0.15) is 0 Å². The number of rotatable bonds is 8. The molecule has 0 bridgehead atoms. The van der Waals surface area contributed by atoms with Crippen molar-refractivity contribution in [1.29, 1.82) is 0 Å². The van der Waals surface area contributed by atoms with E-state index in [2.05, 4.69) is 10.4 Å². The second kappa shape index (κ2) is 9.05. The molecule has 1 heterocycles. The fraction of sp³-hybridized carbons (Fsp3) is 0.318. The van der Waals surface area contributed by atoms with E-state index in [4.69, 9.17) is 4.98 Å². The summed E-state index contributed by atoms with van der Waals surface area (Å²) >= 11 is 1.28. The Bertz CT molecular complexity index is 1220. The number of benzene rings is 2. The van der Waals surface area contributed by atoms with E-state index >= 15 is 0 Å². The van der Waals surface area contributed by atoms with Crippen molar-refractivity contribution >= 4 is 33.4 Å². The highest BCUT2D eigenvalue weighted by Crippen LogP contribution is 2.40. The van der Waals surface area contributed by atoms with E-state index in [1.54, 1.807) is 19.1 Å². The van der Waals surface area contributed by atoms with Crippen LogP contribution in [0.3, 0.4) is 0 Å². The van der Waals surface area contributed by atoms with Crippen LogP contribution < -0.4 is 5.32 Å². The Morgan fingerprint density at radius 3 is 2.53 bits per heavy atom. The number of hydrogen-bond donors (Lipinski definition) is 1. The van der Waals surface area contributed by atoms with Crippen molar-refractivity contribution < 1.29 is 13.2 Å². The summed E-state index contributed by atoms with van der Waals surface area (Å²) in [4.78, 5) is 17.6. The summed E-state index contributed by atoms with van der Waals surface area (Å²) in [6.07, 6.45) is 2.19. The van der Waals surface area contributed by atoms with Crippen LogP contribution in [0.1, 0.15) is 31.5 Å². The van der Waals surface area contributed by atoms with Crippen molar-refractivity contribution in [1.82, 2.24) is 19.1 Å². The molecule has 1 aliphatic carbocycles. The predicted octanol–water partition coefficient (Wildman–Crippen LogP) is 3.51. The van der Waals surface area contributed by atoms with Gasteiger partial charge in [0.2, 0.25) is 21.1 Å². The van der Waals surface area contributed by atoms with Gasteiger partial charge in [-0.05, 0) is 50.1 Å². The maximum Gasteiger partial charge on any atom is 0.242 e. The molecule has 4 rings (SSSR count). The van der Waals surface area contributed by atoms with Crippen molar-refractivity contribution in [3.8, 4) is 5.69 Å². The van der Waals surface area contributed by atoms with Crippen molar-refractivity contribution in [2.24, 2.45) is 0 Å². The Hall–Kier alpha value is -2.69. The molecule has 1 N–H and O–H groups in total. The van der Waals surface area contributed by atoms with Gasteiger partial charge < -0.3 is 5.32 Å². The average molecular weight is 472 g/mol. The molecule has 10 heteroatoms. The zero-order chi connectivity index (χ0) is 22.9. The van der Waals surface area contributed by atoms with Crippen molar-refractivity contribution in [2.45, 2.75) is 41.0 Å². The average Bonchev–Trinajstić information content (AvgIpc) is 3.54. The van der Waals surface area contributed by atoms with Crippen LogP contribution in [-0.2, 0) is 14.8 Å². The van der Waals surface area contributed by atoms with Crippen molar-refractivity contribution in [3.63, 3.8) is 0 Å². The summed E-state index contributed by atoms with van der Waals surface area (Å²) in [6, 6.07) is 16.1. The van der Waals surface area contributed by atoms with E-state index in [1.807, 2.05) is 35.0 Å². The van der Waals surface area contributed by atoms with E-state index in [-0.39, 0.29) is 10.8 Å². The molecule has 32 heavy (non-hydrogen) atoms. The van der Waals surface area contributed by atoms with E-state index in [0.29, 0.717) is 16.8 Å². The highest BCUT2D eigenvalue weighted by molar-refractivity contribution is 8.00. The first-order valence-corrected chi connectivity index (χ1v) is 12.6. The monoisotopic (exact) mass is 471 g/mol. The van der Waals surface area contributed by atoms with Crippen molar-refractivity contribution in [2.75, 3.05) is 19.4 Å². The van der Waals surface area contributed by atoms with Crippen LogP contribution in [0.2, 0.25) is 0 Å². The minimum Gasteiger partial charge on any atom is -0.325 e. The molecular formula is C22H25N5O3S2. The number of nitrogens with one attached hydrogen (secondary N) is 1. The molecule has 2 aromatic carbocycles. The van der Waals surface area contributed by atoms with Crippen molar-refractivity contribution in [3.05, 3.63) is 60.4 Å². The molecule has 1 amide bonds. The van der Waals surface area contributed by atoms with Gasteiger partial charge in [0.1, 0.15) is 5.82 Å². The van der Waals surface area contributed by atoms with E-state index < -0.39 is 15.3 Å². The van der Waals surface area contributed by atoms with Gasteiger partial charge in [-0.15, -0.1) is 5.10 Å². The zero-order valence-electron chi connectivity index (χ0n) is 18.1. The number of carbonyl (C=O) groups excluding carboxylic acids is 1. The highest BCUT2D eigenvalue weighted by Gasteiger charge is 2.31. The van der Waals surface area contributed by atoms with Crippen LogP contribution in [0.5, 0.6) is 0 Å². The third-order valence-electron chi connectivity index (χ3n) is 5.09. The summed E-state index contributed by atoms with van der Waals surface area (Å²) in [5, 5.41) is 7.51.